The van der Waals surface area contributed by atoms with Crippen molar-refractivity contribution in [3.05, 3.63) is 54.2 Å². The number of aromatic nitrogens is 4. The standard InChI is InChI=1S/C24H29N5O4/c1-2-32-21-13-18(5-6-20(21)33-16-22(30)31)15-29-11-3-4-17(14-29)12-19-23(26-8-7-25-19)24-27-9-10-28-24/h5-10,13,17H,2-4,11-12,14-16H2,1H3,(H,27,28)(H,30,31)/t17-/m0/s1. The van der Waals surface area contributed by atoms with Gasteiger partial charge in [-0.3, -0.25) is 9.88 Å². The monoisotopic (exact) mass is 451 g/mol. The maximum Gasteiger partial charge on any atom is 0.341 e. The van der Waals surface area contributed by atoms with Gasteiger partial charge in [-0.05, 0) is 56.3 Å². The van der Waals surface area contributed by atoms with E-state index in [0.717, 1.165) is 61.7 Å². The molecule has 1 aromatic carbocycles. The van der Waals surface area contributed by atoms with Gasteiger partial charge in [0.05, 0.1) is 12.3 Å². The molecule has 9 nitrogen and oxygen atoms in total. The highest BCUT2D eigenvalue weighted by Gasteiger charge is 2.23. The van der Waals surface area contributed by atoms with Gasteiger partial charge in [-0.2, -0.15) is 0 Å². The first kappa shape index (κ1) is 22.7. The fourth-order valence-electron chi connectivity index (χ4n) is 4.28. The Hall–Kier alpha value is -3.46. The molecule has 33 heavy (non-hydrogen) atoms. The Bertz CT molecular complexity index is 1060. The Morgan fingerprint density at radius 2 is 2.06 bits per heavy atom. The zero-order valence-electron chi connectivity index (χ0n) is 18.7. The molecule has 0 saturated carbocycles. The maximum atomic E-state index is 10.8. The van der Waals surface area contributed by atoms with Gasteiger partial charge in [0.1, 0.15) is 5.69 Å². The van der Waals surface area contributed by atoms with Crippen molar-refractivity contribution in [1.82, 2.24) is 24.8 Å². The minimum Gasteiger partial charge on any atom is -0.490 e. The Morgan fingerprint density at radius 1 is 1.18 bits per heavy atom. The summed E-state index contributed by atoms with van der Waals surface area (Å²) in [6.07, 6.45) is 10.1. The largest absolute Gasteiger partial charge is 0.490 e. The number of H-pyrrole nitrogens is 1. The van der Waals surface area contributed by atoms with Crippen molar-refractivity contribution in [2.45, 2.75) is 32.7 Å². The Balaban J connectivity index is 1.41. The molecule has 3 heterocycles. The van der Waals surface area contributed by atoms with Crippen LogP contribution in [0.5, 0.6) is 11.5 Å². The fraction of sp³-hybridized carbons (Fsp3) is 0.417. The highest BCUT2D eigenvalue weighted by Crippen LogP contribution is 2.30. The lowest BCUT2D eigenvalue weighted by Gasteiger charge is -2.33. The average Bonchev–Trinajstić information content (AvgIpc) is 3.34. The number of carboxylic acid groups (broad SMARTS) is 1. The number of carbonyl (C=O) groups is 1. The highest BCUT2D eigenvalue weighted by atomic mass is 16.5. The number of hydrogen-bond acceptors (Lipinski definition) is 7. The molecule has 1 aliphatic heterocycles. The quantitative estimate of drug-likeness (QED) is 0.483. The number of ether oxygens (including phenoxy) is 2. The predicted octanol–water partition coefficient (Wildman–Crippen LogP) is 3.18. The molecule has 174 valence electrons. The lowest BCUT2D eigenvalue weighted by molar-refractivity contribution is -0.139. The second kappa shape index (κ2) is 10.9. The van der Waals surface area contributed by atoms with Crippen LogP contribution in [0.2, 0.25) is 0 Å². The van der Waals surface area contributed by atoms with Crippen molar-refractivity contribution in [3.63, 3.8) is 0 Å². The van der Waals surface area contributed by atoms with Gasteiger partial charge < -0.3 is 19.6 Å². The van der Waals surface area contributed by atoms with Crippen LogP contribution in [-0.4, -0.2) is 62.2 Å². The molecular formula is C24H29N5O4. The minimum absolute atomic E-state index is 0.393. The molecule has 1 aliphatic rings. The van der Waals surface area contributed by atoms with Gasteiger partial charge in [0.25, 0.3) is 0 Å². The maximum absolute atomic E-state index is 10.8. The molecule has 3 aromatic rings. The van der Waals surface area contributed by atoms with Crippen molar-refractivity contribution in [2.24, 2.45) is 5.92 Å². The Labute approximate surface area is 192 Å². The lowest BCUT2D eigenvalue weighted by Crippen LogP contribution is -2.36. The van der Waals surface area contributed by atoms with E-state index in [0.29, 0.717) is 24.0 Å². The molecule has 0 bridgehead atoms. The first-order valence-electron chi connectivity index (χ1n) is 11.2. The molecule has 0 radical (unpaired) electrons. The van der Waals surface area contributed by atoms with Crippen molar-refractivity contribution in [1.29, 1.82) is 0 Å². The van der Waals surface area contributed by atoms with Crippen LogP contribution in [0.15, 0.2) is 43.0 Å². The van der Waals surface area contributed by atoms with E-state index in [4.69, 9.17) is 14.6 Å². The SMILES string of the molecule is CCOc1cc(CN2CCC[C@@H](Cc3nccnc3-c3ncc[nH]3)C2)ccc1OCC(=O)O. The molecule has 0 amide bonds. The van der Waals surface area contributed by atoms with Crippen LogP contribution >= 0.6 is 0 Å². The summed E-state index contributed by atoms with van der Waals surface area (Å²) in [5.41, 5.74) is 2.90. The summed E-state index contributed by atoms with van der Waals surface area (Å²) in [6, 6.07) is 5.71. The number of aromatic amines is 1. The summed E-state index contributed by atoms with van der Waals surface area (Å²) >= 11 is 0. The summed E-state index contributed by atoms with van der Waals surface area (Å²) < 4.78 is 11.0. The van der Waals surface area contributed by atoms with E-state index in [9.17, 15) is 4.79 Å². The number of imidazole rings is 1. The highest BCUT2D eigenvalue weighted by molar-refractivity contribution is 5.68. The Morgan fingerprint density at radius 3 is 2.85 bits per heavy atom. The third-order valence-corrected chi connectivity index (χ3v) is 5.65. The molecule has 2 aromatic heterocycles. The molecule has 9 heteroatoms. The number of nitrogens with zero attached hydrogens (tertiary/aromatic N) is 4. The molecule has 0 spiro atoms. The number of rotatable bonds is 10. The molecule has 4 rings (SSSR count). The van der Waals surface area contributed by atoms with Gasteiger partial charge in [0, 0.05) is 37.9 Å². The number of carboxylic acids is 1. The topological polar surface area (TPSA) is 113 Å². The molecular weight excluding hydrogens is 422 g/mol. The number of nitrogens with one attached hydrogen (secondary N) is 1. The van der Waals surface area contributed by atoms with Crippen LogP contribution in [0.25, 0.3) is 11.5 Å². The van der Waals surface area contributed by atoms with E-state index in [-0.39, 0.29) is 0 Å². The zero-order chi connectivity index (χ0) is 23.0. The molecule has 1 fully saturated rings. The van der Waals surface area contributed by atoms with E-state index in [1.54, 1.807) is 30.9 Å². The van der Waals surface area contributed by atoms with Gasteiger partial charge >= 0.3 is 5.97 Å². The van der Waals surface area contributed by atoms with E-state index in [1.165, 1.54) is 0 Å². The van der Waals surface area contributed by atoms with Crippen LogP contribution in [-0.2, 0) is 17.8 Å². The van der Waals surface area contributed by atoms with E-state index >= 15 is 0 Å². The predicted molar refractivity (Wildman–Crippen MR) is 122 cm³/mol. The van der Waals surface area contributed by atoms with Crippen molar-refractivity contribution in [2.75, 3.05) is 26.3 Å². The van der Waals surface area contributed by atoms with Gasteiger partial charge in [-0.15, -0.1) is 0 Å². The smallest absolute Gasteiger partial charge is 0.341 e. The van der Waals surface area contributed by atoms with E-state index in [2.05, 4.69) is 24.8 Å². The number of hydrogen-bond donors (Lipinski definition) is 2. The zero-order valence-corrected chi connectivity index (χ0v) is 18.7. The average molecular weight is 452 g/mol. The third-order valence-electron chi connectivity index (χ3n) is 5.65. The van der Waals surface area contributed by atoms with Crippen LogP contribution in [0, 0.1) is 5.92 Å². The number of aliphatic carboxylic acids is 1. The first-order chi connectivity index (χ1) is 16.1. The summed E-state index contributed by atoms with van der Waals surface area (Å²) in [4.78, 5) is 29.8. The van der Waals surface area contributed by atoms with Crippen LogP contribution in [0.4, 0.5) is 0 Å². The summed E-state index contributed by atoms with van der Waals surface area (Å²) in [5.74, 6) is 1.24. The van der Waals surface area contributed by atoms with E-state index in [1.807, 2.05) is 19.1 Å². The molecule has 0 unspecified atom stereocenters. The second-order valence-electron chi connectivity index (χ2n) is 8.13. The van der Waals surface area contributed by atoms with Crippen LogP contribution in [0.1, 0.15) is 31.0 Å². The number of benzene rings is 1. The van der Waals surface area contributed by atoms with Crippen LogP contribution < -0.4 is 9.47 Å². The third kappa shape index (κ3) is 6.07. The van der Waals surface area contributed by atoms with Gasteiger partial charge in [-0.1, -0.05) is 6.07 Å². The summed E-state index contributed by atoms with van der Waals surface area (Å²) in [7, 11) is 0. The fourth-order valence-corrected chi connectivity index (χ4v) is 4.28. The van der Waals surface area contributed by atoms with E-state index < -0.39 is 12.6 Å². The van der Waals surface area contributed by atoms with Gasteiger partial charge in [0.2, 0.25) is 0 Å². The van der Waals surface area contributed by atoms with Crippen molar-refractivity contribution >= 4 is 5.97 Å². The minimum atomic E-state index is -1.01. The summed E-state index contributed by atoms with van der Waals surface area (Å²) in [5, 5.41) is 8.88. The van der Waals surface area contributed by atoms with Gasteiger partial charge in [0.15, 0.2) is 23.9 Å². The number of piperidine rings is 1. The van der Waals surface area contributed by atoms with Crippen molar-refractivity contribution < 1.29 is 19.4 Å². The van der Waals surface area contributed by atoms with Crippen molar-refractivity contribution in [3.8, 4) is 23.0 Å². The van der Waals surface area contributed by atoms with Gasteiger partial charge in [-0.25, -0.2) is 14.8 Å². The molecule has 1 saturated heterocycles. The molecule has 2 N–H and O–H groups in total. The normalized spacial score (nSPS) is 16.5. The Kier molecular flexibility index (Phi) is 7.51. The molecule has 1 atom stereocenters. The second-order valence-corrected chi connectivity index (χ2v) is 8.13. The first-order valence-corrected chi connectivity index (χ1v) is 11.2. The van der Waals surface area contributed by atoms with Crippen LogP contribution in [0.3, 0.4) is 0 Å². The number of likely N-dealkylation sites (tertiary alicyclic amines) is 1. The lowest BCUT2D eigenvalue weighted by atomic mass is 9.92. The molecule has 0 aliphatic carbocycles. The summed E-state index contributed by atoms with van der Waals surface area (Å²) in [6.45, 7) is 4.77.